The van der Waals surface area contributed by atoms with Crippen molar-refractivity contribution in [3.8, 4) is 47.0 Å². The molecule has 3 heterocycles. The van der Waals surface area contributed by atoms with E-state index in [0.717, 1.165) is 5.56 Å². The number of rotatable bonds is 4. The van der Waals surface area contributed by atoms with E-state index in [1.165, 1.54) is 43.3 Å². The van der Waals surface area contributed by atoms with E-state index >= 15 is 0 Å². The van der Waals surface area contributed by atoms with Crippen molar-refractivity contribution in [2.45, 2.75) is 19.9 Å². The van der Waals surface area contributed by atoms with Gasteiger partial charge >= 0.3 is 24.0 Å². The molecular weight excluding hydrogens is 613 g/mol. The van der Waals surface area contributed by atoms with Crippen LogP contribution in [0.5, 0.6) is 47.0 Å². The van der Waals surface area contributed by atoms with E-state index in [1.54, 1.807) is 0 Å². The van der Waals surface area contributed by atoms with Crippen LogP contribution >= 0.6 is 23.2 Å². The molecule has 220 valence electrons. The first-order valence-corrected chi connectivity index (χ1v) is 13.6. The minimum Gasteiger partial charge on any atom is -0.424 e. The highest BCUT2D eigenvalue weighted by molar-refractivity contribution is 6.28. The van der Waals surface area contributed by atoms with Gasteiger partial charge in [-0.2, -0.15) is 19.9 Å². The summed E-state index contributed by atoms with van der Waals surface area (Å²) in [4.78, 5) is 50.0. The van der Waals surface area contributed by atoms with Gasteiger partial charge < -0.3 is 24.3 Å². The Labute approximate surface area is 259 Å². The van der Waals surface area contributed by atoms with Gasteiger partial charge in [0, 0.05) is 17.7 Å². The number of amides is 1. The van der Waals surface area contributed by atoms with Gasteiger partial charge in [0.25, 0.3) is 5.91 Å². The number of nitrogens with one attached hydrogen (secondary N) is 1. The summed E-state index contributed by atoms with van der Waals surface area (Å²) in [7, 11) is 0. The maximum absolute atomic E-state index is 13.4. The molecular formula is C29H19Cl2N7O6. The molecule has 0 unspecified atom stereocenters. The van der Waals surface area contributed by atoms with Crippen LogP contribution in [0.15, 0.2) is 66.7 Å². The first-order chi connectivity index (χ1) is 21.2. The second-order valence-corrected chi connectivity index (χ2v) is 9.94. The smallest absolute Gasteiger partial charge is 0.329 e. The zero-order valence-electron chi connectivity index (χ0n) is 22.8. The molecule has 0 saturated heterocycles. The maximum atomic E-state index is 13.4. The van der Waals surface area contributed by atoms with Crippen LogP contribution in [0.4, 0.5) is 0 Å². The number of aromatic nitrogens is 6. The first kappa shape index (κ1) is 28.7. The lowest BCUT2D eigenvalue weighted by Crippen LogP contribution is -2.26. The van der Waals surface area contributed by atoms with E-state index in [1.807, 2.05) is 37.3 Å². The third-order valence-electron chi connectivity index (χ3n) is 6.08. The average Bonchev–Trinajstić information content (AvgIpc) is 2.96. The Morgan fingerprint density at radius 3 is 1.80 bits per heavy atom. The fraction of sp³-hybridized carbons (Fsp3) is 0.103. The molecule has 0 aliphatic carbocycles. The number of hydrogen-bond donors (Lipinski definition) is 1. The van der Waals surface area contributed by atoms with Crippen LogP contribution in [0, 0.1) is 0 Å². The van der Waals surface area contributed by atoms with E-state index in [-0.39, 0.29) is 80.6 Å². The zero-order valence-corrected chi connectivity index (χ0v) is 24.3. The highest BCUT2D eigenvalue weighted by Gasteiger charge is 2.20. The molecule has 0 radical (unpaired) electrons. The molecule has 0 saturated carbocycles. The number of nitrogens with zero attached hydrogens (tertiary/aromatic N) is 6. The second kappa shape index (κ2) is 12.1. The summed E-state index contributed by atoms with van der Waals surface area (Å²) < 4.78 is 23.3. The quantitative estimate of drug-likeness (QED) is 0.209. The summed E-state index contributed by atoms with van der Waals surface area (Å²) in [6, 6.07) is 16.9. The number of hydrogen-bond acceptors (Lipinski definition) is 12. The Morgan fingerprint density at radius 2 is 1.23 bits per heavy atom. The molecule has 3 aromatic carbocycles. The van der Waals surface area contributed by atoms with E-state index < -0.39 is 5.91 Å². The number of benzene rings is 3. The summed E-state index contributed by atoms with van der Waals surface area (Å²) in [5.41, 5.74) is 1.27. The summed E-state index contributed by atoms with van der Waals surface area (Å²) >= 11 is 12.3. The van der Waals surface area contributed by atoms with Crippen molar-refractivity contribution in [2.75, 3.05) is 0 Å². The van der Waals surface area contributed by atoms with Crippen molar-refractivity contribution in [3.63, 3.8) is 0 Å². The van der Waals surface area contributed by atoms with Crippen LogP contribution in [-0.2, 0) is 0 Å². The number of ketones is 1. The summed E-state index contributed by atoms with van der Waals surface area (Å²) in [6.07, 6.45) is 0. The lowest BCUT2D eigenvalue weighted by molar-refractivity contribution is 0.0938. The van der Waals surface area contributed by atoms with E-state index in [0.29, 0.717) is 0 Å². The highest BCUT2D eigenvalue weighted by Crippen LogP contribution is 2.34. The molecule has 6 rings (SSSR count). The van der Waals surface area contributed by atoms with Crippen LogP contribution in [0.2, 0.25) is 10.6 Å². The fourth-order valence-corrected chi connectivity index (χ4v) is 4.38. The standard InChI is InChI=1S/C29H19Cl2N7O6/c1-14(16-6-4-3-5-7-16)32-23(40)17-10-19-12-20(11-17)43-28-35-25(31)36-29(38-28)44-22-13-18(8-9-21(22)15(2)39)41-26-33-24(30)34-27(37-26)42-19/h3-14H,1-2H3,(H,32,40)/t14-/m1/s1. The largest absolute Gasteiger partial charge is 0.424 e. The number of Topliss-reactive ketones (excluding diaryl/α,β-unsaturated/α-hetero) is 1. The van der Waals surface area contributed by atoms with Crippen LogP contribution < -0.4 is 24.3 Å². The van der Waals surface area contributed by atoms with E-state index in [9.17, 15) is 9.59 Å². The zero-order chi connectivity index (χ0) is 30.8. The molecule has 44 heavy (non-hydrogen) atoms. The Bertz CT molecular complexity index is 1910. The van der Waals surface area contributed by atoms with Crippen molar-refractivity contribution < 1.29 is 28.5 Å². The van der Waals surface area contributed by atoms with Gasteiger partial charge in [0.1, 0.15) is 23.0 Å². The average molecular weight is 632 g/mol. The number of carbonyl (C=O) groups is 2. The summed E-state index contributed by atoms with van der Waals surface area (Å²) in [6.45, 7) is 3.21. The van der Waals surface area contributed by atoms with Crippen LogP contribution in [0.25, 0.3) is 0 Å². The molecule has 0 spiro atoms. The molecule has 0 fully saturated rings. The molecule has 1 atom stereocenters. The lowest BCUT2D eigenvalue weighted by atomic mass is 10.1. The normalized spacial score (nSPS) is 12.5. The van der Waals surface area contributed by atoms with Crippen LogP contribution in [0.3, 0.4) is 0 Å². The third kappa shape index (κ3) is 6.64. The molecule has 1 aliphatic rings. The molecule has 5 aromatic rings. The van der Waals surface area contributed by atoms with E-state index in [2.05, 4.69) is 35.2 Å². The first-order valence-electron chi connectivity index (χ1n) is 12.9. The van der Waals surface area contributed by atoms with E-state index in [4.69, 9.17) is 42.1 Å². The molecule has 15 heteroatoms. The Kier molecular flexibility index (Phi) is 7.87. The summed E-state index contributed by atoms with van der Waals surface area (Å²) in [5.74, 6) is -0.332. The SMILES string of the molecule is CC(=O)c1ccc2cc1Oc1nc(Cl)nc(n1)Oc1cc(cc(C(=O)N[C@H](C)c3ccccc3)c1)Oc1nc(Cl)nc(n1)O2. The van der Waals surface area contributed by atoms with Gasteiger partial charge in [-0.3, -0.25) is 9.59 Å². The van der Waals surface area contributed by atoms with Crippen LogP contribution in [-0.4, -0.2) is 41.6 Å². The molecule has 1 N–H and O–H groups in total. The monoisotopic (exact) mass is 631 g/mol. The topological polar surface area (TPSA) is 160 Å². The highest BCUT2D eigenvalue weighted by atomic mass is 35.5. The van der Waals surface area contributed by atoms with Gasteiger partial charge in [-0.15, -0.1) is 9.97 Å². The van der Waals surface area contributed by atoms with Gasteiger partial charge in [0.2, 0.25) is 10.6 Å². The Balaban J connectivity index is 1.44. The van der Waals surface area contributed by atoms with Crippen molar-refractivity contribution >= 4 is 34.9 Å². The van der Waals surface area contributed by atoms with Gasteiger partial charge in [0.05, 0.1) is 11.6 Å². The van der Waals surface area contributed by atoms with Gasteiger partial charge in [-0.1, -0.05) is 30.3 Å². The minimum absolute atomic E-state index is 0.0421. The Hall–Kier alpha value is -5.40. The van der Waals surface area contributed by atoms with Gasteiger partial charge in [0.15, 0.2) is 5.78 Å². The molecule has 13 nitrogen and oxygen atoms in total. The number of fused-ring (bicyclic) bond motifs is 8. The third-order valence-corrected chi connectivity index (χ3v) is 6.42. The van der Waals surface area contributed by atoms with Crippen molar-refractivity contribution in [1.29, 1.82) is 0 Å². The fourth-order valence-electron chi connectivity index (χ4n) is 4.09. The second-order valence-electron chi connectivity index (χ2n) is 9.26. The lowest BCUT2D eigenvalue weighted by Gasteiger charge is -2.16. The molecule has 8 bridgehead atoms. The van der Waals surface area contributed by atoms with Crippen molar-refractivity contribution in [1.82, 2.24) is 35.2 Å². The predicted octanol–water partition coefficient (Wildman–Crippen LogP) is 6.54. The minimum atomic E-state index is -0.434. The van der Waals surface area contributed by atoms with Gasteiger partial charge in [-0.05, 0) is 66.9 Å². The summed E-state index contributed by atoms with van der Waals surface area (Å²) in [5, 5.41) is 2.45. The van der Waals surface area contributed by atoms with Crippen molar-refractivity contribution in [2.24, 2.45) is 0 Å². The van der Waals surface area contributed by atoms with Gasteiger partial charge in [-0.25, -0.2) is 0 Å². The van der Waals surface area contributed by atoms with Crippen molar-refractivity contribution in [3.05, 3.63) is 94.0 Å². The molecule has 2 aromatic heterocycles. The predicted molar refractivity (Wildman–Crippen MR) is 155 cm³/mol. The maximum Gasteiger partial charge on any atom is 0.329 e. The number of carbonyl (C=O) groups excluding carboxylic acids is 2. The number of ether oxygens (including phenoxy) is 4. The molecule has 1 amide bonds. The number of halogens is 2. The van der Waals surface area contributed by atoms with Crippen LogP contribution in [0.1, 0.15) is 46.2 Å². The molecule has 1 aliphatic heterocycles. The Morgan fingerprint density at radius 1 is 0.682 bits per heavy atom.